The van der Waals surface area contributed by atoms with Gasteiger partial charge in [0.15, 0.2) is 0 Å². The maximum absolute atomic E-state index is 12.4. The Kier molecular flexibility index (Phi) is 4.55. The van der Waals surface area contributed by atoms with Gasteiger partial charge in [0.2, 0.25) is 0 Å². The number of anilines is 2. The third-order valence-electron chi connectivity index (χ3n) is 3.99. The minimum absolute atomic E-state index is 0.101. The SMILES string of the molecule is Cc1ccc(NS(=O)(=O)N(C)C2CCCCC2)cc1N. The van der Waals surface area contributed by atoms with Crippen LogP contribution in [-0.2, 0) is 10.2 Å². The lowest BCUT2D eigenvalue weighted by molar-refractivity contribution is 0.287. The monoisotopic (exact) mass is 297 g/mol. The highest BCUT2D eigenvalue weighted by Crippen LogP contribution is 2.25. The smallest absolute Gasteiger partial charge is 0.301 e. The van der Waals surface area contributed by atoms with E-state index in [0.29, 0.717) is 11.4 Å². The molecular weight excluding hydrogens is 274 g/mol. The third-order valence-corrected chi connectivity index (χ3v) is 5.54. The summed E-state index contributed by atoms with van der Waals surface area (Å²) in [6.07, 6.45) is 5.28. The second kappa shape index (κ2) is 6.01. The van der Waals surface area contributed by atoms with E-state index in [9.17, 15) is 8.42 Å². The topological polar surface area (TPSA) is 75.4 Å². The zero-order valence-corrected chi connectivity index (χ0v) is 12.9. The van der Waals surface area contributed by atoms with E-state index in [0.717, 1.165) is 31.2 Å². The van der Waals surface area contributed by atoms with E-state index < -0.39 is 10.2 Å². The summed E-state index contributed by atoms with van der Waals surface area (Å²) < 4.78 is 28.8. The number of aryl methyl sites for hydroxylation is 1. The van der Waals surface area contributed by atoms with Crippen LogP contribution in [-0.4, -0.2) is 25.8 Å². The first-order chi connectivity index (χ1) is 9.40. The van der Waals surface area contributed by atoms with Crippen molar-refractivity contribution in [2.75, 3.05) is 17.5 Å². The molecule has 0 bridgehead atoms. The van der Waals surface area contributed by atoms with Crippen molar-refractivity contribution in [1.29, 1.82) is 0 Å². The molecule has 0 radical (unpaired) electrons. The molecule has 1 aliphatic rings. The maximum Gasteiger partial charge on any atom is 0.301 e. The molecule has 1 fully saturated rings. The van der Waals surface area contributed by atoms with E-state index in [4.69, 9.17) is 5.73 Å². The molecule has 0 spiro atoms. The van der Waals surface area contributed by atoms with Crippen LogP contribution in [0.1, 0.15) is 37.7 Å². The van der Waals surface area contributed by atoms with E-state index in [1.54, 1.807) is 19.2 Å². The van der Waals surface area contributed by atoms with Gasteiger partial charge in [0.25, 0.3) is 0 Å². The summed E-state index contributed by atoms with van der Waals surface area (Å²) in [5.74, 6) is 0. The molecule has 6 heteroatoms. The fourth-order valence-corrected chi connectivity index (χ4v) is 3.74. The molecule has 2 rings (SSSR count). The van der Waals surface area contributed by atoms with Crippen LogP contribution < -0.4 is 10.5 Å². The zero-order chi connectivity index (χ0) is 14.8. The van der Waals surface area contributed by atoms with Crippen molar-refractivity contribution in [2.24, 2.45) is 0 Å². The normalized spacial score (nSPS) is 17.4. The van der Waals surface area contributed by atoms with Crippen molar-refractivity contribution < 1.29 is 8.42 Å². The van der Waals surface area contributed by atoms with Crippen molar-refractivity contribution >= 4 is 21.6 Å². The molecule has 1 aromatic rings. The Bertz CT molecular complexity index is 566. The van der Waals surface area contributed by atoms with Gasteiger partial charge in [-0.15, -0.1) is 0 Å². The Balaban J connectivity index is 2.11. The summed E-state index contributed by atoms with van der Waals surface area (Å²) >= 11 is 0. The van der Waals surface area contributed by atoms with Crippen LogP contribution >= 0.6 is 0 Å². The Morgan fingerprint density at radius 2 is 1.90 bits per heavy atom. The summed E-state index contributed by atoms with van der Waals surface area (Å²) in [6.45, 7) is 1.89. The van der Waals surface area contributed by atoms with Gasteiger partial charge in [0.1, 0.15) is 0 Å². The first kappa shape index (κ1) is 15.1. The third kappa shape index (κ3) is 3.43. The minimum atomic E-state index is -3.51. The second-order valence-corrected chi connectivity index (χ2v) is 7.22. The lowest BCUT2D eigenvalue weighted by Crippen LogP contribution is -2.41. The summed E-state index contributed by atoms with van der Waals surface area (Å²) in [5.41, 5.74) is 7.85. The lowest BCUT2D eigenvalue weighted by Gasteiger charge is -2.30. The van der Waals surface area contributed by atoms with Gasteiger partial charge in [-0.1, -0.05) is 25.3 Å². The molecule has 0 aromatic heterocycles. The number of benzene rings is 1. The lowest BCUT2D eigenvalue weighted by atomic mass is 9.96. The Hall–Kier alpha value is -1.27. The average molecular weight is 297 g/mol. The molecule has 0 unspecified atom stereocenters. The molecule has 0 aliphatic heterocycles. The van der Waals surface area contributed by atoms with Gasteiger partial charge < -0.3 is 5.73 Å². The van der Waals surface area contributed by atoms with E-state index in [-0.39, 0.29) is 6.04 Å². The fraction of sp³-hybridized carbons (Fsp3) is 0.571. The quantitative estimate of drug-likeness (QED) is 0.838. The van der Waals surface area contributed by atoms with Crippen molar-refractivity contribution in [2.45, 2.75) is 45.1 Å². The van der Waals surface area contributed by atoms with Gasteiger partial charge in [-0.25, -0.2) is 0 Å². The molecule has 1 aliphatic carbocycles. The van der Waals surface area contributed by atoms with Crippen LogP contribution in [0.4, 0.5) is 11.4 Å². The number of nitrogen functional groups attached to an aromatic ring is 1. The number of rotatable bonds is 4. The number of hydrogen-bond donors (Lipinski definition) is 2. The Morgan fingerprint density at radius 3 is 2.50 bits per heavy atom. The summed E-state index contributed by atoms with van der Waals surface area (Å²) in [7, 11) is -1.87. The Labute approximate surface area is 121 Å². The standard InChI is InChI=1S/C14H23N3O2S/c1-11-8-9-12(10-14(11)15)16-20(18,19)17(2)13-6-4-3-5-7-13/h8-10,13,16H,3-7,15H2,1-2H3. The molecular formula is C14H23N3O2S. The predicted molar refractivity (Wildman–Crippen MR) is 82.8 cm³/mol. The van der Waals surface area contributed by atoms with Crippen molar-refractivity contribution in [3.63, 3.8) is 0 Å². The van der Waals surface area contributed by atoms with Crippen LogP contribution in [0.2, 0.25) is 0 Å². The fourth-order valence-electron chi connectivity index (χ4n) is 2.57. The molecule has 3 N–H and O–H groups in total. The van der Waals surface area contributed by atoms with Crippen LogP contribution in [0.15, 0.2) is 18.2 Å². The largest absolute Gasteiger partial charge is 0.398 e. The van der Waals surface area contributed by atoms with Gasteiger partial charge in [-0.05, 0) is 37.5 Å². The van der Waals surface area contributed by atoms with Gasteiger partial charge in [0, 0.05) is 18.8 Å². The van der Waals surface area contributed by atoms with Crippen LogP contribution in [0.3, 0.4) is 0 Å². The van der Waals surface area contributed by atoms with E-state index in [1.807, 2.05) is 13.0 Å². The highest BCUT2D eigenvalue weighted by molar-refractivity contribution is 7.90. The molecule has 5 nitrogen and oxygen atoms in total. The van der Waals surface area contributed by atoms with Crippen LogP contribution in [0.5, 0.6) is 0 Å². The van der Waals surface area contributed by atoms with Crippen molar-refractivity contribution in [3.05, 3.63) is 23.8 Å². The first-order valence-corrected chi connectivity index (χ1v) is 8.46. The van der Waals surface area contributed by atoms with Gasteiger partial charge in [0.05, 0.1) is 5.69 Å². The number of nitrogens with zero attached hydrogens (tertiary/aromatic N) is 1. The molecule has 20 heavy (non-hydrogen) atoms. The second-order valence-electron chi connectivity index (χ2n) is 5.49. The van der Waals surface area contributed by atoms with Crippen LogP contribution in [0, 0.1) is 6.92 Å². The molecule has 0 heterocycles. The molecule has 0 atom stereocenters. The van der Waals surface area contributed by atoms with E-state index >= 15 is 0 Å². The zero-order valence-electron chi connectivity index (χ0n) is 12.1. The van der Waals surface area contributed by atoms with Gasteiger partial charge in [-0.3, -0.25) is 4.72 Å². The summed E-state index contributed by atoms with van der Waals surface area (Å²) in [4.78, 5) is 0. The Morgan fingerprint density at radius 1 is 1.25 bits per heavy atom. The van der Waals surface area contributed by atoms with Gasteiger partial charge >= 0.3 is 10.2 Å². The first-order valence-electron chi connectivity index (χ1n) is 7.02. The highest BCUT2D eigenvalue weighted by Gasteiger charge is 2.27. The summed E-state index contributed by atoms with van der Waals surface area (Å²) in [6, 6.07) is 5.30. The minimum Gasteiger partial charge on any atom is -0.398 e. The highest BCUT2D eigenvalue weighted by atomic mass is 32.2. The number of hydrogen-bond acceptors (Lipinski definition) is 3. The van der Waals surface area contributed by atoms with Crippen molar-refractivity contribution in [3.8, 4) is 0 Å². The molecule has 112 valence electrons. The van der Waals surface area contributed by atoms with E-state index in [1.165, 1.54) is 10.7 Å². The average Bonchev–Trinajstić information content (AvgIpc) is 2.43. The summed E-state index contributed by atoms with van der Waals surface area (Å²) in [5, 5.41) is 0. The van der Waals surface area contributed by atoms with Gasteiger partial charge in [-0.2, -0.15) is 12.7 Å². The molecule has 1 aromatic carbocycles. The molecule has 0 amide bonds. The van der Waals surface area contributed by atoms with E-state index in [2.05, 4.69) is 4.72 Å². The number of nitrogens with two attached hydrogens (primary N) is 1. The molecule has 1 saturated carbocycles. The maximum atomic E-state index is 12.4. The predicted octanol–water partition coefficient (Wildman–Crippen LogP) is 2.50. The number of nitrogens with one attached hydrogen (secondary N) is 1. The van der Waals surface area contributed by atoms with Crippen LogP contribution in [0.25, 0.3) is 0 Å². The molecule has 0 saturated heterocycles. The van der Waals surface area contributed by atoms with Crippen molar-refractivity contribution in [1.82, 2.24) is 4.31 Å².